The van der Waals surface area contributed by atoms with E-state index in [0.717, 1.165) is 16.1 Å². The molecule has 0 bridgehead atoms. The predicted octanol–water partition coefficient (Wildman–Crippen LogP) is 4.08. The van der Waals surface area contributed by atoms with Gasteiger partial charge in [-0.25, -0.2) is 13.8 Å². The first-order valence-electron chi connectivity index (χ1n) is 10.5. The first-order valence-corrected chi connectivity index (χ1v) is 12.4. The van der Waals surface area contributed by atoms with Gasteiger partial charge in [0.2, 0.25) is 10.0 Å². The Bertz CT molecular complexity index is 1050. The summed E-state index contributed by atoms with van der Waals surface area (Å²) in [7, 11) is -3.71. The van der Waals surface area contributed by atoms with E-state index in [1.54, 1.807) is 31.2 Å². The van der Waals surface area contributed by atoms with Gasteiger partial charge in [0.05, 0.1) is 24.3 Å². The van der Waals surface area contributed by atoms with Crippen molar-refractivity contribution in [1.29, 1.82) is 0 Å². The Kier molecular flexibility index (Phi) is 8.07. The largest absolute Gasteiger partial charge is 0.494 e. The molecule has 2 aromatic carbocycles. The molecule has 0 aromatic heterocycles. The van der Waals surface area contributed by atoms with Crippen LogP contribution < -0.4 is 14.5 Å². The molecule has 0 saturated carbocycles. The van der Waals surface area contributed by atoms with Crippen LogP contribution in [0.25, 0.3) is 0 Å². The van der Waals surface area contributed by atoms with E-state index in [4.69, 9.17) is 4.74 Å². The Morgan fingerprint density at radius 1 is 1.09 bits per heavy atom. The van der Waals surface area contributed by atoms with Crippen molar-refractivity contribution in [2.24, 2.45) is 5.10 Å². The Balaban J connectivity index is 2.18. The van der Waals surface area contributed by atoms with Gasteiger partial charge >= 0.3 is 0 Å². The molecule has 0 spiro atoms. The van der Waals surface area contributed by atoms with E-state index in [2.05, 4.69) is 31.3 Å². The highest BCUT2D eigenvalue weighted by Crippen LogP contribution is 2.24. The van der Waals surface area contributed by atoms with Crippen molar-refractivity contribution < 1.29 is 17.9 Å². The Labute approximate surface area is 191 Å². The van der Waals surface area contributed by atoms with Crippen LogP contribution in [-0.2, 0) is 20.2 Å². The molecule has 0 saturated heterocycles. The number of nitrogens with one attached hydrogen (secondary N) is 1. The first kappa shape index (κ1) is 25.4. The third kappa shape index (κ3) is 6.56. The lowest BCUT2D eigenvalue weighted by atomic mass is 9.86. The fourth-order valence-corrected chi connectivity index (χ4v) is 4.35. The van der Waals surface area contributed by atoms with Crippen LogP contribution in [0.15, 0.2) is 53.6 Å². The van der Waals surface area contributed by atoms with Crippen LogP contribution >= 0.6 is 0 Å². The number of carbonyl (C=O) groups excluding carboxylic acids is 1. The molecule has 1 amide bonds. The van der Waals surface area contributed by atoms with Crippen molar-refractivity contribution >= 4 is 27.3 Å². The number of hydrogen-bond acceptors (Lipinski definition) is 5. The molecular formula is C24H33N3O4S. The van der Waals surface area contributed by atoms with Gasteiger partial charge in [-0.2, -0.15) is 5.10 Å². The molecule has 2 aromatic rings. The topological polar surface area (TPSA) is 88.1 Å². The monoisotopic (exact) mass is 459 g/mol. The molecule has 2 rings (SSSR count). The zero-order valence-corrected chi connectivity index (χ0v) is 20.7. The minimum absolute atomic E-state index is 0.0448. The average molecular weight is 460 g/mol. The summed E-state index contributed by atoms with van der Waals surface area (Å²) in [4.78, 5) is 12.7. The quantitative estimate of drug-likeness (QED) is 0.476. The average Bonchev–Trinajstić information content (AvgIpc) is 2.71. The van der Waals surface area contributed by atoms with Crippen LogP contribution in [0.4, 0.5) is 5.69 Å². The van der Waals surface area contributed by atoms with Gasteiger partial charge < -0.3 is 4.74 Å². The molecule has 7 nitrogen and oxygen atoms in total. The number of carbonyl (C=O) groups is 1. The molecule has 32 heavy (non-hydrogen) atoms. The third-order valence-corrected chi connectivity index (χ3v) is 6.23. The van der Waals surface area contributed by atoms with Gasteiger partial charge in [0.25, 0.3) is 5.91 Å². The number of nitrogens with zero attached hydrogens (tertiary/aromatic N) is 2. The van der Waals surface area contributed by atoms with E-state index < -0.39 is 22.0 Å². The lowest BCUT2D eigenvalue weighted by Crippen LogP contribution is -2.46. The second-order valence-electron chi connectivity index (χ2n) is 8.66. The molecule has 1 N–H and O–H groups in total. The SMILES string of the molecule is CCOc1ccc(N([C@@H](C)C(=O)N/N=C(/C)c2ccc(C(C)(C)C)cc2)S(C)(=O)=O)cc1. The molecule has 0 aliphatic carbocycles. The van der Waals surface area contributed by atoms with Crippen LogP contribution in [0.1, 0.15) is 52.7 Å². The van der Waals surface area contributed by atoms with Gasteiger partial charge in [-0.3, -0.25) is 9.10 Å². The molecule has 174 valence electrons. The number of hydrogen-bond donors (Lipinski definition) is 1. The second kappa shape index (κ2) is 10.2. The maximum Gasteiger partial charge on any atom is 0.263 e. The van der Waals surface area contributed by atoms with Gasteiger partial charge in [0, 0.05) is 0 Å². The predicted molar refractivity (Wildman–Crippen MR) is 130 cm³/mol. The summed E-state index contributed by atoms with van der Waals surface area (Å²) < 4.78 is 31.4. The number of hydrazone groups is 1. The van der Waals surface area contributed by atoms with Crippen molar-refractivity contribution in [1.82, 2.24) is 5.43 Å². The molecule has 0 aliphatic heterocycles. The summed E-state index contributed by atoms with van der Waals surface area (Å²) in [5.41, 5.74) is 5.61. The summed E-state index contributed by atoms with van der Waals surface area (Å²) in [5, 5.41) is 4.18. The van der Waals surface area contributed by atoms with Gasteiger partial charge in [0.15, 0.2) is 0 Å². The maximum absolute atomic E-state index is 12.7. The van der Waals surface area contributed by atoms with Crippen molar-refractivity contribution in [3.63, 3.8) is 0 Å². The summed E-state index contributed by atoms with van der Waals surface area (Å²) in [6.07, 6.45) is 1.07. The van der Waals surface area contributed by atoms with Crippen LogP contribution in [0, 0.1) is 0 Å². The maximum atomic E-state index is 12.7. The minimum Gasteiger partial charge on any atom is -0.494 e. The normalized spacial score (nSPS) is 13.4. The second-order valence-corrected chi connectivity index (χ2v) is 10.5. The number of amides is 1. The molecular weight excluding hydrogens is 426 g/mol. The molecule has 8 heteroatoms. The van der Waals surface area contributed by atoms with Crippen LogP contribution in [0.5, 0.6) is 5.75 Å². The fraction of sp³-hybridized carbons (Fsp3) is 0.417. The van der Waals surface area contributed by atoms with E-state index >= 15 is 0 Å². The highest BCUT2D eigenvalue weighted by Gasteiger charge is 2.29. The minimum atomic E-state index is -3.71. The highest BCUT2D eigenvalue weighted by atomic mass is 32.2. The highest BCUT2D eigenvalue weighted by molar-refractivity contribution is 7.92. The lowest BCUT2D eigenvalue weighted by Gasteiger charge is -2.27. The van der Waals surface area contributed by atoms with E-state index in [0.29, 0.717) is 23.8 Å². The number of benzene rings is 2. The Hall–Kier alpha value is -2.87. The van der Waals surface area contributed by atoms with Gasteiger partial charge in [-0.05, 0) is 61.6 Å². The number of ether oxygens (including phenoxy) is 1. The standard InChI is InChI=1S/C24H33N3O4S/c1-8-31-22-15-13-21(14-16-22)27(32(7,29)30)18(3)23(28)26-25-17(2)19-9-11-20(12-10-19)24(4,5)6/h9-16,18H,8H2,1-7H3,(H,26,28)/b25-17-/t18-/m0/s1. The fourth-order valence-electron chi connectivity index (χ4n) is 3.17. The molecule has 0 unspecified atom stereocenters. The van der Waals surface area contributed by atoms with Gasteiger partial charge in [-0.15, -0.1) is 0 Å². The van der Waals surface area contributed by atoms with E-state index in [1.165, 1.54) is 12.5 Å². The van der Waals surface area contributed by atoms with Crippen LogP contribution in [0.2, 0.25) is 0 Å². The number of sulfonamides is 1. The van der Waals surface area contributed by atoms with E-state index in [-0.39, 0.29) is 5.41 Å². The van der Waals surface area contributed by atoms with E-state index in [1.807, 2.05) is 31.2 Å². The molecule has 0 aliphatic rings. The smallest absolute Gasteiger partial charge is 0.263 e. The van der Waals surface area contributed by atoms with Gasteiger partial charge in [-0.1, -0.05) is 45.0 Å². The van der Waals surface area contributed by atoms with Crippen molar-refractivity contribution in [2.45, 2.75) is 53.0 Å². The molecule has 0 radical (unpaired) electrons. The van der Waals surface area contributed by atoms with Crippen molar-refractivity contribution in [3.8, 4) is 5.75 Å². The number of rotatable bonds is 8. The summed E-state index contributed by atoms with van der Waals surface area (Å²) in [5.74, 6) is 0.0921. The van der Waals surface area contributed by atoms with Crippen molar-refractivity contribution in [3.05, 3.63) is 59.7 Å². The molecule has 0 heterocycles. The first-order chi connectivity index (χ1) is 14.8. The summed E-state index contributed by atoms with van der Waals surface area (Å²) >= 11 is 0. The Morgan fingerprint density at radius 2 is 1.66 bits per heavy atom. The van der Waals surface area contributed by atoms with E-state index in [9.17, 15) is 13.2 Å². The van der Waals surface area contributed by atoms with Gasteiger partial charge in [0.1, 0.15) is 11.8 Å². The lowest BCUT2D eigenvalue weighted by molar-refractivity contribution is -0.121. The number of anilines is 1. The van der Waals surface area contributed by atoms with Crippen molar-refractivity contribution in [2.75, 3.05) is 17.2 Å². The molecule has 0 fully saturated rings. The zero-order chi connectivity index (χ0) is 24.1. The summed E-state index contributed by atoms with van der Waals surface area (Å²) in [6, 6.07) is 13.6. The van der Waals surface area contributed by atoms with Crippen LogP contribution in [-0.4, -0.2) is 38.9 Å². The zero-order valence-electron chi connectivity index (χ0n) is 19.8. The van der Waals surface area contributed by atoms with Crippen LogP contribution in [0.3, 0.4) is 0 Å². The summed E-state index contributed by atoms with van der Waals surface area (Å²) in [6.45, 7) is 12.1. The Morgan fingerprint density at radius 3 is 2.12 bits per heavy atom. The molecule has 1 atom stereocenters. The third-order valence-electron chi connectivity index (χ3n) is 4.99.